The topological polar surface area (TPSA) is 38.3 Å². The van der Waals surface area contributed by atoms with Gasteiger partial charge in [0.05, 0.1) is 10.6 Å². The molecule has 3 nitrogen and oxygen atoms in total. The fourth-order valence-corrected chi connectivity index (χ4v) is 2.47. The number of para-hydroxylation sites is 1. The Labute approximate surface area is 150 Å². The summed E-state index contributed by atoms with van der Waals surface area (Å²) >= 11 is 5.74. The van der Waals surface area contributed by atoms with Crippen molar-refractivity contribution in [3.05, 3.63) is 94.8 Å². The molecule has 0 spiro atoms. The van der Waals surface area contributed by atoms with Crippen LogP contribution in [0.25, 0.3) is 0 Å². The molecule has 0 aliphatic carbocycles. The molecule has 0 aliphatic rings. The number of rotatable bonds is 5. The molecule has 3 aromatic rings. The largest absolute Gasteiger partial charge is 0.488 e. The highest BCUT2D eigenvalue weighted by Crippen LogP contribution is 2.23. The van der Waals surface area contributed by atoms with Gasteiger partial charge in [-0.15, -0.1) is 0 Å². The summed E-state index contributed by atoms with van der Waals surface area (Å²) in [7, 11) is 0. The molecule has 1 N–H and O–H groups in total. The second-order valence-electron chi connectivity index (χ2n) is 5.35. The van der Waals surface area contributed by atoms with E-state index in [-0.39, 0.29) is 10.9 Å². The minimum absolute atomic E-state index is 0.0496. The van der Waals surface area contributed by atoms with Gasteiger partial charge in [-0.1, -0.05) is 54.1 Å². The smallest absolute Gasteiger partial charge is 0.259 e. The molecule has 0 saturated heterocycles. The minimum Gasteiger partial charge on any atom is -0.488 e. The number of hydrogen-bond donors (Lipinski definition) is 1. The van der Waals surface area contributed by atoms with E-state index in [1.165, 1.54) is 18.2 Å². The van der Waals surface area contributed by atoms with Gasteiger partial charge in [-0.2, -0.15) is 0 Å². The molecular weight excluding hydrogens is 341 g/mol. The van der Waals surface area contributed by atoms with E-state index >= 15 is 0 Å². The first kappa shape index (κ1) is 17.0. The Hall–Kier alpha value is -2.85. The van der Waals surface area contributed by atoms with E-state index in [9.17, 15) is 9.18 Å². The standard InChI is InChI=1S/C20H15ClFNO2/c21-17-12-15(10-11-18(17)22)23-20(24)16-8-4-5-9-19(16)25-13-14-6-2-1-3-7-14/h1-12H,13H2,(H,23,24). The molecule has 1 amide bonds. The van der Waals surface area contributed by atoms with E-state index in [2.05, 4.69) is 5.32 Å². The van der Waals surface area contributed by atoms with E-state index in [4.69, 9.17) is 16.3 Å². The fourth-order valence-electron chi connectivity index (χ4n) is 2.29. The van der Waals surface area contributed by atoms with Gasteiger partial charge in [0.2, 0.25) is 0 Å². The summed E-state index contributed by atoms with van der Waals surface area (Å²) in [5, 5.41) is 2.65. The molecule has 0 atom stereocenters. The molecule has 3 aromatic carbocycles. The lowest BCUT2D eigenvalue weighted by atomic mass is 10.1. The number of hydrogen-bond acceptors (Lipinski definition) is 2. The van der Waals surface area contributed by atoms with Gasteiger partial charge in [-0.25, -0.2) is 4.39 Å². The van der Waals surface area contributed by atoms with E-state index in [0.29, 0.717) is 23.6 Å². The third kappa shape index (κ3) is 4.37. The quantitative estimate of drug-likeness (QED) is 0.673. The summed E-state index contributed by atoms with van der Waals surface area (Å²) in [5.41, 5.74) is 1.80. The average Bonchev–Trinajstić information content (AvgIpc) is 2.64. The van der Waals surface area contributed by atoms with Crippen molar-refractivity contribution < 1.29 is 13.9 Å². The lowest BCUT2D eigenvalue weighted by Crippen LogP contribution is -2.13. The Balaban J connectivity index is 1.75. The summed E-state index contributed by atoms with van der Waals surface area (Å²) in [6.45, 7) is 0.355. The van der Waals surface area contributed by atoms with Crippen LogP contribution < -0.4 is 10.1 Å². The summed E-state index contributed by atoms with van der Waals surface area (Å²) in [6.07, 6.45) is 0. The van der Waals surface area contributed by atoms with Crippen LogP contribution in [-0.4, -0.2) is 5.91 Å². The van der Waals surface area contributed by atoms with Crippen molar-refractivity contribution in [1.29, 1.82) is 0 Å². The van der Waals surface area contributed by atoms with E-state index < -0.39 is 5.82 Å². The highest BCUT2D eigenvalue weighted by atomic mass is 35.5. The first-order valence-electron chi connectivity index (χ1n) is 7.65. The SMILES string of the molecule is O=C(Nc1ccc(F)c(Cl)c1)c1ccccc1OCc1ccccc1. The van der Waals surface area contributed by atoms with Crippen molar-refractivity contribution in [2.45, 2.75) is 6.61 Å². The van der Waals surface area contributed by atoms with Crippen LogP contribution >= 0.6 is 11.6 Å². The number of amides is 1. The Bertz CT molecular complexity index is 884. The molecule has 0 unspecified atom stereocenters. The van der Waals surface area contributed by atoms with Crippen molar-refractivity contribution >= 4 is 23.2 Å². The maximum absolute atomic E-state index is 13.2. The molecule has 0 bridgehead atoms. The summed E-state index contributed by atoms with van der Waals surface area (Å²) in [5.74, 6) is -0.422. The van der Waals surface area contributed by atoms with Crippen LogP contribution in [0.2, 0.25) is 5.02 Å². The Morgan fingerprint density at radius 1 is 1.00 bits per heavy atom. The molecule has 25 heavy (non-hydrogen) atoms. The molecule has 0 fully saturated rings. The summed E-state index contributed by atoms with van der Waals surface area (Å²) in [4.78, 5) is 12.5. The van der Waals surface area contributed by atoms with Crippen molar-refractivity contribution in [3.63, 3.8) is 0 Å². The second-order valence-corrected chi connectivity index (χ2v) is 5.76. The molecule has 126 valence electrons. The van der Waals surface area contributed by atoms with Crippen molar-refractivity contribution in [3.8, 4) is 5.75 Å². The number of benzene rings is 3. The Morgan fingerprint density at radius 2 is 1.72 bits per heavy atom. The molecule has 3 rings (SSSR count). The first-order chi connectivity index (χ1) is 12.1. The normalized spacial score (nSPS) is 10.3. The van der Waals surface area contributed by atoms with Gasteiger partial charge in [-0.3, -0.25) is 4.79 Å². The molecule has 0 saturated carbocycles. The van der Waals surface area contributed by atoms with Crippen LogP contribution in [0.3, 0.4) is 0 Å². The number of nitrogens with one attached hydrogen (secondary N) is 1. The van der Waals surface area contributed by atoms with Gasteiger partial charge >= 0.3 is 0 Å². The van der Waals surface area contributed by atoms with Gasteiger partial charge in [-0.05, 0) is 35.9 Å². The average molecular weight is 356 g/mol. The number of ether oxygens (including phenoxy) is 1. The monoisotopic (exact) mass is 355 g/mol. The van der Waals surface area contributed by atoms with Gasteiger partial charge < -0.3 is 10.1 Å². The van der Waals surface area contributed by atoms with E-state index in [1.54, 1.807) is 24.3 Å². The van der Waals surface area contributed by atoms with Crippen LogP contribution in [0.1, 0.15) is 15.9 Å². The van der Waals surface area contributed by atoms with Gasteiger partial charge in [0.15, 0.2) is 0 Å². The fraction of sp³-hybridized carbons (Fsp3) is 0.0500. The van der Waals surface area contributed by atoms with Crippen LogP contribution in [0.4, 0.5) is 10.1 Å². The molecule has 0 heterocycles. The van der Waals surface area contributed by atoms with E-state index in [1.807, 2.05) is 30.3 Å². The summed E-state index contributed by atoms with van der Waals surface area (Å²) < 4.78 is 19.0. The van der Waals surface area contributed by atoms with Crippen LogP contribution in [0, 0.1) is 5.82 Å². The van der Waals surface area contributed by atoms with Crippen LogP contribution in [0.15, 0.2) is 72.8 Å². The zero-order chi connectivity index (χ0) is 17.6. The Morgan fingerprint density at radius 3 is 2.48 bits per heavy atom. The molecule has 0 radical (unpaired) electrons. The second kappa shape index (κ2) is 7.81. The minimum atomic E-state index is -0.536. The molecule has 0 aliphatic heterocycles. The lowest BCUT2D eigenvalue weighted by Gasteiger charge is -2.12. The number of carbonyl (C=O) groups excluding carboxylic acids is 1. The third-order valence-corrected chi connectivity index (χ3v) is 3.84. The first-order valence-corrected chi connectivity index (χ1v) is 8.03. The van der Waals surface area contributed by atoms with Crippen molar-refractivity contribution in [2.24, 2.45) is 0 Å². The third-order valence-electron chi connectivity index (χ3n) is 3.55. The van der Waals surface area contributed by atoms with Crippen molar-refractivity contribution in [2.75, 3.05) is 5.32 Å². The molecular formula is C20H15ClFNO2. The van der Waals surface area contributed by atoms with Crippen LogP contribution in [-0.2, 0) is 6.61 Å². The maximum atomic E-state index is 13.2. The number of carbonyl (C=O) groups is 1. The van der Waals surface area contributed by atoms with Gasteiger partial charge in [0.1, 0.15) is 18.2 Å². The zero-order valence-corrected chi connectivity index (χ0v) is 14.0. The Kier molecular flexibility index (Phi) is 5.31. The number of anilines is 1. The zero-order valence-electron chi connectivity index (χ0n) is 13.2. The van der Waals surface area contributed by atoms with Crippen LogP contribution in [0.5, 0.6) is 5.75 Å². The highest BCUT2D eigenvalue weighted by Gasteiger charge is 2.13. The molecule has 5 heteroatoms. The van der Waals surface area contributed by atoms with Crippen molar-refractivity contribution in [1.82, 2.24) is 0 Å². The summed E-state index contributed by atoms with van der Waals surface area (Å²) in [6, 6.07) is 20.6. The predicted octanol–water partition coefficient (Wildman–Crippen LogP) is 5.31. The van der Waals surface area contributed by atoms with E-state index in [0.717, 1.165) is 5.56 Å². The van der Waals surface area contributed by atoms with Gasteiger partial charge in [0, 0.05) is 5.69 Å². The maximum Gasteiger partial charge on any atom is 0.259 e. The lowest BCUT2D eigenvalue weighted by molar-refractivity contribution is 0.102. The molecule has 0 aromatic heterocycles. The number of halogens is 2. The van der Waals surface area contributed by atoms with Gasteiger partial charge in [0.25, 0.3) is 5.91 Å². The predicted molar refractivity (Wildman–Crippen MR) is 96.6 cm³/mol. The highest BCUT2D eigenvalue weighted by molar-refractivity contribution is 6.31.